The quantitative estimate of drug-likeness (QED) is 0.490. The van der Waals surface area contributed by atoms with E-state index < -0.39 is 5.79 Å². The minimum atomic E-state index is -0.740. The van der Waals surface area contributed by atoms with Gasteiger partial charge in [0.25, 0.3) is 11.9 Å². The molecule has 6 heteroatoms. The van der Waals surface area contributed by atoms with Crippen molar-refractivity contribution in [2.75, 3.05) is 6.61 Å². The zero-order valence-electron chi connectivity index (χ0n) is 19.8. The topological polar surface area (TPSA) is 69.9 Å². The number of nitrogens with one attached hydrogen (secondary N) is 1. The van der Waals surface area contributed by atoms with Gasteiger partial charge in [-0.15, -0.1) is 0 Å². The SMILES string of the molecule is Cc1ccc(C(C)C)cc1Oc1ccc(C(=O)NC2COC(C)(C)OC2c2ccccc2)o1. The summed E-state index contributed by atoms with van der Waals surface area (Å²) in [6, 6.07) is 18.8. The molecule has 3 aromatic rings. The number of rotatable bonds is 6. The Kier molecular flexibility index (Phi) is 6.58. The van der Waals surface area contributed by atoms with E-state index in [2.05, 4.69) is 25.2 Å². The highest BCUT2D eigenvalue weighted by atomic mass is 16.7. The molecule has 1 fully saturated rings. The van der Waals surface area contributed by atoms with Gasteiger partial charge < -0.3 is 23.9 Å². The Morgan fingerprint density at radius 3 is 2.58 bits per heavy atom. The van der Waals surface area contributed by atoms with E-state index in [1.807, 2.05) is 63.2 Å². The number of carbonyl (C=O) groups excluding carboxylic acids is 1. The van der Waals surface area contributed by atoms with Crippen LogP contribution in [0, 0.1) is 6.92 Å². The second kappa shape index (κ2) is 9.41. The van der Waals surface area contributed by atoms with E-state index in [-0.39, 0.29) is 29.8 Å². The molecule has 4 rings (SSSR count). The molecule has 6 nitrogen and oxygen atoms in total. The number of ether oxygens (including phenoxy) is 3. The third-order valence-electron chi connectivity index (χ3n) is 5.73. The normalized spacial score (nSPS) is 19.9. The van der Waals surface area contributed by atoms with Crippen LogP contribution in [0.2, 0.25) is 0 Å². The average Bonchev–Trinajstić information content (AvgIpc) is 3.25. The lowest BCUT2D eigenvalue weighted by atomic mass is 10.0. The monoisotopic (exact) mass is 449 g/mol. The van der Waals surface area contributed by atoms with Crippen LogP contribution < -0.4 is 10.1 Å². The lowest BCUT2D eigenvalue weighted by Gasteiger charge is -2.41. The summed E-state index contributed by atoms with van der Waals surface area (Å²) >= 11 is 0. The highest BCUT2D eigenvalue weighted by Gasteiger charge is 2.38. The van der Waals surface area contributed by atoms with Crippen LogP contribution in [0.3, 0.4) is 0 Å². The lowest BCUT2D eigenvalue weighted by molar-refractivity contribution is -0.284. The highest BCUT2D eigenvalue weighted by molar-refractivity contribution is 5.91. The van der Waals surface area contributed by atoms with Gasteiger partial charge >= 0.3 is 0 Å². The van der Waals surface area contributed by atoms with E-state index in [1.165, 1.54) is 5.56 Å². The van der Waals surface area contributed by atoms with Gasteiger partial charge in [-0.3, -0.25) is 4.79 Å². The van der Waals surface area contributed by atoms with Crippen molar-refractivity contribution in [3.8, 4) is 11.7 Å². The number of aryl methyl sites for hydroxylation is 1. The molecule has 0 spiro atoms. The fourth-order valence-corrected chi connectivity index (χ4v) is 3.79. The maximum atomic E-state index is 13.0. The minimum absolute atomic E-state index is 0.166. The van der Waals surface area contributed by atoms with Crippen molar-refractivity contribution in [2.45, 2.75) is 58.5 Å². The Hall–Kier alpha value is -3.09. The zero-order valence-corrected chi connectivity index (χ0v) is 19.8. The number of amides is 1. The van der Waals surface area contributed by atoms with Crippen molar-refractivity contribution >= 4 is 5.91 Å². The van der Waals surface area contributed by atoms with Crippen molar-refractivity contribution in [3.63, 3.8) is 0 Å². The molecule has 0 bridgehead atoms. The average molecular weight is 450 g/mol. The number of carbonyl (C=O) groups is 1. The molecule has 2 unspecified atom stereocenters. The summed E-state index contributed by atoms with van der Waals surface area (Å²) in [6.45, 7) is 10.3. The number of hydrogen-bond donors (Lipinski definition) is 1. The maximum Gasteiger partial charge on any atom is 0.290 e. The van der Waals surface area contributed by atoms with Crippen molar-refractivity contribution in [1.82, 2.24) is 5.32 Å². The summed E-state index contributed by atoms with van der Waals surface area (Å²) in [5.41, 5.74) is 3.14. The molecule has 1 aliphatic rings. The molecular weight excluding hydrogens is 418 g/mol. The van der Waals surface area contributed by atoms with Gasteiger partial charge in [0.05, 0.1) is 12.6 Å². The van der Waals surface area contributed by atoms with Crippen LogP contribution in [-0.4, -0.2) is 24.3 Å². The first-order valence-electron chi connectivity index (χ1n) is 11.3. The fraction of sp³-hybridized carbons (Fsp3) is 0.370. The minimum Gasteiger partial charge on any atom is -0.426 e. The van der Waals surface area contributed by atoms with Gasteiger partial charge in [-0.2, -0.15) is 0 Å². The summed E-state index contributed by atoms with van der Waals surface area (Å²) in [6.07, 6.45) is -0.342. The van der Waals surface area contributed by atoms with Gasteiger partial charge in [-0.1, -0.05) is 56.3 Å². The zero-order chi connectivity index (χ0) is 23.6. The summed E-state index contributed by atoms with van der Waals surface area (Å²) in [7, 11) is 0. The summed E-state index contributed by atoms with van der Waals surface area (Å²) in [5.74, 6) is 0.433. The first kappa shape index (κ1) is 23.1. The van der Waals surface area contributed by atoms with E-state index in [1.54, 1.807) is 12.1 Å². The first-order chi connectivity index (χ1) is 15.7. The van der Waals surface area contributed by atoms with Gasteiger partial charge in [0.15, 0.2) is 11.5 Å². The molecule has 2 atom stereocenters. The third kappa shape index (κ3) is 5.46. The van der Waals surface area contributed by atoms with Crippen LogP contribution >= 0.6 is 0 Å². The van der Waals surface area contributed by atoms with Gasteiger partial charge in [0.2, 0.25) is 0 Å². The second-order valence-corrected chi connectivity index (χ2v) is 9.14. The summed E-state index contributed by atoms with van der Waals surface area (Å²) in [4.78, 5) is 13.0. The molecule has 1 aromatic heterocycles. The maximum absolute atomic E-state index is 13.0. The molecule has 1 N–H and O–H groups in total. The Morgan fingerprint density at radius 2 is 1.85 bits per heavy atom. The van der Waals surface area contributed by atoms with Crippen LogP contribution in [0.25, 0.3) is 0 Å². The molecule has 2 heterocycles. The van der Waals surface area contributed by atoms with Gasteiger partial charge in [0.1, 0.15) is 11.9 Å². The molecule has 33 heavy (non-hydrogen) atoms. The smallest absolute Gasteiger partial charge is 0.290 e. The van der Waals surface area contributed by atoms with Crippen molar-refractivity contribution < 1.29 is 23.4 Å². The Bertz CT molecular complexity index is 1100. The molecule has 1 amide bonds. The van der Waals surface area contributed by atoms with E-state index in [4.69, 9.17) is 18.6 Å². The largest absolute Gasteiger partial charge is 0.426 e. The number of furan rings is 1. The summed E-state index contributed by atoms with van der Waals surface area (Å²) < 4.78 is 23.6. The molecular formula is C27H31NO5. The van der Waals surface area contributed by atoms with Crippen molar-refractivity contribution in [2.24, 2.45) is 0 Å². The van der Waals surface area contributed by atoms with Crippen LogP contribution in [0.15, 0.2) is 65.1 Å². The summed E-state index contributed by atoms with van der Waals surface area (Å²) in [5, 5.41) is 3.00. The fourth-order valence-electron chi connectivity index (χ4n) is 3.79. The molecule has 2 aromatic carbocycles. The van der Waals surface area contributed by atoms with Crippen LogP contribution in [0.4, 0.5) is 0 Å². The molecule has 1 aliphatic heterocycles. The predicted molar refractivity (Wildman–Crippen MR) is 126 cm³/mol. The van der Waals surface area contributed by atoms with Crippen molar-refractivity contribution in [3.05, 3.63) is 83.1 Å². The molecule has 0 radical (unpaired) electrons. The molecule has 0 aliphatic carbocycles. The Balaban J connectivity index is 1.48. The standard InChI is InChI=1S/C27H31NO5/c1-17(2)20-12-11-18(3)23(15-20)32-24-14-13-22(31-24)26(29)28-21-16-30-27(4,5)33-25(21)19-9-7-6-8-10-19/h6-15,17,21,25H,16H2,1-5H3,(H,28,29). The van der Waals surface area contributed by atoms with E-state index in [0.29, 0.717) is 18.3 Å². The van der Waals surface area contributed by atoms with Gasteiger partial charge in [0, 0.05) is 6.07 Å². The van der Waals surface area contributed by atoms with E-state index in [9.17, 15) is 4.79 Å². The number of hydrogen-bond acceptors (Lipinski definition) is 5. The highest BCUT2D eigenvalue weighted by Crippen LogP contribution is 2.34. The Labute approximate surface area is 194 Å². The van der Waals surface area contributed by atoms with Crippen LogP contribution in [0.1, 0.15) is 67.0 Å². The van der Waals surface area contributed by atoms with Gasteiger partial charge in [-0.25, -0.2) is 0 Å². The van der Waals surface area contributed by atoms with Crippen LogP contribution in [0.5, 0.6) is 11.7 Å². The Morgan fingerprint density at radius 1 is 1.09 bits per heavy atom. The van der Waals surface area contributed by atoms with Crippen LogP contribution in [-0.2, 0) is 9.47 Å². The third-order valence-corrected chi connectivity index (χ3v) is 5.73. The van der Waals surface area contributed by atoms with E-state index in [0.717, 1.165) is 11.1 Å². The van der Waals surface area contributed by atoms with Gasteiger partial charge in [-0.05, 0) is 55.5 Å². The van der Waals surface area contributed by atoms with E-state index >= 15 is 0 Å². The first-order valence-corrected chi connectivity index (χ1v) is 11.3. The van der Waals surface area contributed by atoms with Crippen molar-refractivity contribution in [1.29, 1.82) is 0 Å². The predicted octanol–water partition coefficient (Wildman–Crippen LogP) is 6.13. The molecule has 174 valence electrons. The second-order valence-electron chi connectivity index (χ2n) is 9.14. The molecule has 1 saturated heterocycles. The number of benzene rings is 2. The molecule has 0 saturated carbocycles. The lowest BCUT2D eigenvalue weighted by Crippen LogP contribution is -2.51.